The van der Waals surface area contributed by atoms with Crippen LogP contribution in [0.1, 0.15) is 33.3 Å². The first-order chi connectivity index (χ1) is 8.39. The number of allylic oxidation sites excluding steroid dienone is 1. The van der Waals surface area contributed by atoms with Crippen LogP contribution in [0.15, 0.2) is 47.6 Å². The maximum atomic E-state index is 11.9. The smallest absolute Gasteiger partial charge is 0.343 e. The molecule has 0 saturated carbocycles. The van der Waals surface area contributed by atoms with Gasteiger partial charge >= 0.3 is 5.97 Å². The Morgan fingerprint density at radius 2 is 1.72 bits per heavy atom. The highest BCUT2D eigenvalue weighted by Gasteiger charge is 2.27. The van der Waals surface area contributed by atoms with Crippen molar-refractivity contribution in [1.29, 1.82) is 0 Å². The zero-order valence-electron chi connectivity index (χ0n) is 11.3. The van der Waals surface area contributed by atoms with Gasteiger partial charge in [0.2, 0.25) is 0 Å². The number of carbonyl (C=O) groups is 1. The normalized spacial score (nSPS) is 18.4. The van der Waals surface area contributed by atoms with E-state index in [9.17, 15) is 4.79 Å². The molecule has 2 heteroatoms. The highest BCUT2D eigenvalue weighted by atomic mass is 16.5. The van der Waals surface area contributed by atoms with Crippen molar-refractivity contribution in [2.45, 2.75) is 27.7 Å². The largest absolute Gasteiger partial charge is 0.422 e. The molecule has 0 unspecified atom stereocenters. The SMILES string of the molecule is C/C(=C1/C=C(c2ccccc2)OC1=O)C(C)(C)C. The molecule has 18 heavy (non-hydrogen) atoms. The number of rotatable bonds is 1. The summed E-state index contributed by atoms with van der Waals surface area (Å²) in [5.41, 5.74) is 2.64. The highest BCUT2D eigenvalue weighted by Crippen LogP contribution is 2.34. The number of benzene rings is 1. The Hall–Kier alpha value is -1.83. The van der Waals surface area contributed by atoms with Crippen LogP contribution in [-0.2, 0) is 9.53 Å². The third kappa shape index (κ3) is 2.37. The number of esters is 1. The lowest BCUT2D eigenvalue weighted by molar-refractivity contribution is -0.131. The van der Waals surface area contributed by atoms with Crippen molar-refractivity contribution in [3.63, 3.8) is 0 Å². The minimum Gasteiger partial charge on any atom is -0.422 e. The molecule has 2 nitrogen and oxygen atoms in total. The quantitative estimate of drug-likeness (QED) is 0.550. The summed E-state index contributed by atoms with van der Waals surface area (Å²) in [6, 6.07) is 9.69. The molecule has 94 valence electrons. The summed E-state index contributed by atoms with van der Waals surface area (Å²) in [4.78, 5) is 11.9. The Morgan fingerprint density at radius 1 is 1.11 bits per heavy atom. The Morgan fingerprint density at radius 3 is 2.28 bits per heavy atom. The van der Waals surface area contributed by atoms with Crippen LogP contribution in [0.2, 0.25) is 0 Å². The lowest BCUT2D eigenvalue weighted by Gasteiger charge is -2.20. The van der Waals surface area contributed by atoms with E-state index in [4.69, 9.17) is 4.74 Å². The van der Waals surface area contributed by atoms with E-state index in [1.165, 1.54) is 0 Å². The third-order valence-electron chi connectivity index (χ3n) is 3.29. The third-order valence-corrected chi connectivity index (χ3v) is 3.29. The van der Waals surface area contributed by atoms with Crippen molar-refractivity contribution in [2.75, 3.05) is 0 Å². The van der Waals surface area contributed by atoms with Crippen molar-refractivity contribution in [1.82, 2.24) is 0 Å². The first-order valence-corrected chi connectivity index (χ1v) is 6.10. The van der Waals surface area contributed by atoms with Crippen LogP contribution in [0.3, 0.4) is 0 Å². The highest BCUT2D eigenvalue weighted by molar-refractivity contribution is 6.02. The topological polar surface area (TPSA) is 26.3 Å². The van der Waals surface area contributed by atoms with Gasteiger partial charge in [-0.15, -0.1) is 0 Å². The zero-order chi connectivity index (χ0) is 13.3. The van der Waals surface area contributed by atoms with Gasteiger partial charge in [0.15, 0.2) is 0 Å². The number of cyclic esters (lactones) is 1. The van der Waals surface area contributed by atoms with Gasteiger partial charge in [-0.2, -0.15) is 0 Å². The summed E-state index contributed by atoms with van der Waals surface area (Å²) in [7, 11) is 0. The molecule has 1 aliphatic heterocycles. The van der Waals surface area contributed by atoms with Gasteiger partial charge in [-0.25, -0.2) is 4.79 Å². The molecule has 0 aliphatic carbocycles. The second-order valence-corrected chi connectivity index (χ2v) is 5.55. The van der Waals surface area contributed by atoms with Crippen LogP contribution < -0.4 is 0 Å². The van der Waals surface area contributed by atoms with E-state index in [-0.39, 0.29) is 11.4 Å². The average molecular weight is 242 g/mol. The molecule has 0 fully saturated rings. The molecule has 0 spiro atoms. The summed E-state index contributed by atoms with van der Waals surface area (Å²) >= 11 is 0. The first kappa shape index (κ1) is 12.6. The Bertz CT molecular complexity index is 528. The van der Waals surface area contributed by atoms with E-state index < -0.39 is 0 Å². The molecule has 0 saturated heterocycles. The van der Waals surface area contributed by atoms with E-state index in [0.29, 0.717) is 11.3 Å². The summed E-state index contributed by atoms with van der Waals surface area (Å²) in [6.45, 7) is 8.27. The van der Waals surface area contributed by atoms with E-state index >= 15 is 0 Å². The van der Waals surface area contributed by atoms with Gasteiger partial charge in [0, 0.05) is 5.56 Å². The number of hydrogen-bond donors (Lipinski definition) is 0. The zero-order valence-corrected chi connectivity index (χ0v) is 11.3. The van der Waals surface area contributed by atoms with Gasteiger partial charge in [0.1, 0.15) is 5.76 Å². The van der Waals surface area contributed by atoms with Gasteiger partial charge in [-0.3, -0.25) is 0 Å². The lowest BCUT2D eigenvalue weighted by Crippen LogP contribution is -2.11. The van der Waals surface area contributed by atoms with E-state index in [1.54, 1.807) is 0 Å². The molecule has 1 aromatic rings. The minimum absolute atomic E-state index is 0.0308. The molecule has 0 bridgehead atoms. The van der Waals surface area contributed by atoms with Crippen LogP contribution in [0.25, 0.3) is 5.76 Å². The van der Waals surface area contributed by atoms with Crippen LogP contribution in [0, 0.1) is 5.41 Å². The van der Waals surface area contributed by atoms with Gasteiger partial charge < -0.3 is 4.74 Å². The number of ether oxygens (including phenoxy) is 1. The van der Waals surface area contributed by atoms with Crippen LogP contribution in [0.5, 0.6) is 0 Å². The van der Waals surface area contributed by atoms with Crippen molar-refractivity contribution in [3.8, 4) is 0 Å². The van der Waals surface area contributed by atoms with Gasteiger partial charge in [0.05, 0.1) is 5.57 Å². The van der Waals surface area contributed by atoms with Crippen LogP contribution in [-0.4, -0.2) is 5.97 Å². The molecule has 0 atom stereocenters. The summed E-state index contributed by atoms with van der Waals surface area (Å²) in [6.07, 6.45) is 1.85. The molecule has 1 aliphatic rings. The van der Waals surface area contributed by atoms with Crippen molar-refractivity contribution >= 4 is 11.7 Å². The fourth-order valence-corrected chi connectivity index (χ4v) is 1.78. The summed E-state index contributed by atoms with van der Waals surface area (Å²) in [5.74, 6) is 0.389. The van der Waals surface area contributed by atoms with Crippen LogP contribution in [0.4, 0.5) is 0 Å². The first-order valence-electron chi connectivity index (χ1n) is 6.10. The van der Waals surface area contributed by atoms with Crippen molar-refractivity contribution in [3.05, 3.63) is 53.1 Å². The minimum atomic E-state index is -0.249. The van der Waals surface area contributed by atoms with Crippen molar-refractivity contribution in [2.24, 2.45) is 5.41 Å². The molecule has 1 aromatic carbocycles. The van der Waals surface area contributed by atoms with Crippen LogP contribution >= 0.6 is 0 Å². The second-order valence-electron chi connectivity index (χ2n) is 5.55. The molecule has 1 heterocycles. The predicted molar refractivity (Wildman–Crippen MR) is 72.7 cm³/mol. The molecule has 0 radical (unpaired) electrons. The Labute approximate surface area is 108 Å². The Balaban J connectivity index is 2.43. The van der Waals surface area contributed by atoms with E-state index in [0.717, 1.165) is 11.1 Å². The second kappa shape index (κ2) is 4.45. The molecule has 2 rings (SSSR count). The number of hydrogen-bond acceptors (Lipinski definition) is 2. The fourth-order valence-electron chi connectivity index (χ4n) is 1.78. The fraction of sp³-hybridized carbons (Fsp3) is 0.312. The molecule has 0 aromatic heterocycles. The van der Waals surface area contributed by atoms with Gasteiger partial charge in [-0.05, 0) is 18.4 Å². The Kier molecular flexibility index (Phi) is 3.12. The van der Waals surface area contributed by atoms with Crippen molar-refractivity contribution < 1.29 is 9.53 Å². The molecule has 0 N–H and O–H groups in total. The maximum absolute atomic E-state index is 11.9. The summed E-state index contributed by atoms with van der Waals surface area (Å²) in [5, 5.41) is 0. The van der Waals surface area contributed by atoms with E-state index in [1.807, 2.05) is 43.3 Å². The monoisotopic (exact) mass is 242 g/mol. The maximum Gasteiger partial charge on any atom is 0.343 e. The van der Waals surface area contributed by atoms with E-state index in [2.05, 4.69) is 20.8 Å². The predicted octanol–water partition coefficient (Wildman–Crippen LogP) is 3.95. The standard InChI is InChI=1S/C16H18O2/c1-11(16(2,3)4)13-10-14(18-15(13)17)12-8-6-5-7-9-12/h5-10H,1-4H3/b13-11+. The summed E-state index contributed by atoms with van der Waals surface area (Å²) < 4.78 is 5.34. The molecule has 0 amide bonds. The van der Waals surface area contributed by atoms with Gasteiger partial charge in [-0.1, -0.05) is 56.7 Å². The van der Waals surface area contributed by atoms with Gasteiger partial charge in [0.25, 0.3) is 0 Å². The molecular weight excluding hydrogens is 224 g/mol. The lowest BCUT2D eigenvalue weighted by atomic mass is 9.84. The molecular formula is C16H18O2. The number of carbonyl (C=O) groups excluding carboxylic acids is 1. The average Bonchev–Trinajstić information content (AvgIpc) is 2.70.